The third kappa shape index (κ3) is 8.13. The van der Waals surface area contributed by atoms with Crippen molar-refractivity contribution in [3.63, 3.8) is 0 Å². The first-order valence-corrected chi connectivity index (χ1v) is 15.2. The molecule has 0 aromatic heterocycles. The van der Waals surface area contributed by atoms with Crippen molar-refractivity contribution >= 4 is 62.3 Å². The summed E-state index contributed by atoms with van der Waals surface area (Å²) < 4.78 is 28.7. The standard InChI is InChI=1S/C29H32Cl3N3O4S/c1-5-26(28(37)33-29(2,3)4)34(18-20-11-12-22(31)17-25(20)32)27(36)19-35(23-9-7-6-8-10-23)40(38,39)24-15-13-21(30)14-16-24/h6-17,26H,5,18-19H2,1-4H3,(H,33,37)/t26-/m0/s1. The Hall–Kier alpha value is -2.78. The monoisotopic (exact) mass is 623 g/mol. The van der Waals surface area contributed by atoms with Crippen molar-refractivity contribution in [3.05, 3.63) is 93.4 Å². The van der Waals surface area contributed by atoms with Crippen molar-refractivity contribution in [2.24, 2.45) is 0 Å². The van der Waals surface area contributed by atoms with Crippen LogP contribution in [0.4, 0.5) is 5.69 Å². The van der Waals surface area contributed by atoms with Gasteiger partial charge >= 0.3 is 0 Å². The SMILES string of the molecule is CC[C@@H](C(=O)NC(C)(C)C)N(Cc1ccc(Cl)cc1Cl)C(=O)CN(c1ccccc1)S(=O)(=O)c1ccc(Cl)cc1. The first kappa shape index (κ1) is 31.7. The number of rotatable bonds is 10. The van der Waals surface area contributed by atoms with Crippen LogP contribution in [0, 0.1) is 0 Å². The maximum atomic E-state index is 14.1. The fraction of sp³-hybridized carbons (Fsp3) is 0.310. The predicted molar refractivity (Wildman–Crippen MR) is 161 cm³/mol. The highest BCUT2D eigenvalue weighted by atomic mass is 35.5. The number of nitrogens with zero attached hydrogens (tertiary/aromatic N) is 2. The summed E-state index contributed by atoms with van der Waals surface area (Å²) in [5, 5.41) is 4.06. The molecule has 0 bridgehead atoms. The molecule has 0 heterocycles. The maximum absolute atomic E-state index is 14.1. The van der Waals surface area contributed by atoms with Crippen LogP contribution in [0.1, 0.15) is 39.7 Å². The Morgan fingerprint density at radius 1 is 0.900 bits per heavy atom. The number of benzene rings is 3. The van der Waals surface area contributed by atoms with Crippen molar-refractivity contribution in [2.45, 2.75) is 57.1 Å². The minimum Gasteiger partial charge on any atom is -0.350 e. The zero-order chi connectivity index (χ0) is 29.7. The lowest BCUT2D eigenvalue weighted by atomic mass is 10.1. The van der Waals surface area contributed by atoms with Gasteiger partial charge < -0.3 is 10.2 Å². The van der Waals surface area contributed by atoms with Gasteiger partial charge in [0.1, 0.15) is 12.6 Å². The van der Waals surface area contributed by atoms with Gasteiger partial charge in [-0.2, -0.15) is 0 Å². The van der Waals surface area contributed by atoms with Crippen LogP contribution in [0.25, 0.3) is 0 Å². The molecule has 0 radical (unpaired) electrons. The van der Waals surface area contributed by atoms with E-state index in [1.165, 1.54) is 29.2 Å². The molecule has 0 fully saturated rings. The van der Waals surface area contributed by atoms with E-state index in [1.54, 1.807) is 55.5 Å². The third-order valence-electron chi connectivity index (χ3n) is 5.96. The maximum Gasteiger partial charge on any atom is 0.264 e. The van der Waals surface area contributed by atoms with E-state index < -0.39 is 34.1 Å². The number of carbonyl (C=O) groups excluding carboxylic acids is 2. The normalized spacial score (nSPS) is 12.5. The molecule has 1 N–H and O–H groups in total. The van der Waals surface area contributed by atoms with E-state index in [9.17, 15) is 18.0 Å². The van der Waals surface area contributed by atoms with Gasteiger partial charge in [-0.15, -0.1) is 0 Å². The van der Waals surface area contributed by atoms with E-state index in [4.69, 9.17) is 34.8 Å². The molecular formula is C29H32Cl3N3O4S. The molecule has 0 aliphatic carbocycles. The van der Waals surface area contributed by atoms with Crippen molar-refractivity contribution in [1.29, 1.82) is 0 Å². The van der Waals surface area contributed by atoms with E-state index in [0.717, 1.165) is 4.31 Å². The third-order valence-corrected chi connectivity index (χ3v) is 8.59. The van der Waals surface area contributed by atoms with Gasteiger partial charge in [0.25, 0.3) is 10.0 Å². The molecule has 3 aromatic rings. The Balaban J connectivity index is 2.07. The van der Waals surface area contributed by atoms with E-state index in [0.29, 0.717) is 26.3 Å². The van der Waals surface area contributed by atoms with E-state index >= 15 is 0 Å². The van der Waals surface area contributed by atoms with Gasteiger partial charge in [0.05, 0.1) is 10.6 Å². The molecule has 0 saturated heterocycles. The summed E-state index contributed by atoms with van der Waals surface area (Å²) in [5.41, 5.74) is 0.307. The van der Waals surface area contributed by atoms with Crippen molar-refractivity contribution < 1.29 is 18.0 Å². The Morgan fingerprint density at radius 2 is 1.50 bits per heavy atom. The number of hydrogen-bond donors (Lipinski definition) is 1. The fourth-order valence-electron chi connectivity index (χ4n) is 4.06. The molecule has 40 heavy (non-hydrogen) atoms. The molecule has 0 unspecified atom stereocenters. The van der Waals surface area contributed by atoms with Crippen LogP contribution in [0.2, 0.25) is 15.1 Å². The first-order chi connectivity index (χ1) is 18.7. The summed E-state index contributed by atoms with van der Waals surface area (Å²) in [6.45, 7) is 6.73. The number of para-hydroxylation sites is 1. The molecule has 0 aliphatic heterocycles. The lowest BCUT2D eigenvalue weighted by molar-refractivity contribution is -0.141. The largest absolute Gasteiger partial charge is 0.350 e. The van der Waals surface area contributed by atoms with Gasteiger partial charge in [0.15, 0.2) is 0 Å². The minimum atomic E-state index is -4.18. The van der Waals surface area contributed by atoms with Crippen molar-refractivity contribution in [2.75, 3.05) is 10.8 Å². The first-order valence-electron chi connectivity index (χ1n) is 12.6. The number of halogens is 3. The van der Waals surface area contributed by atoms with E-state index in [1.807, 2.05) is 20.8 Å². The van der Waals surface area contributed by atoms with Crippen LogP contribution in [0.5, 0.6) is 0 Å². The zero-order valence-corrected chi connectivity index (χ0v) is 25.8. The Bertz CT molecular complexity index is 1440. The summed E-state index contributed by atoms with van der Waals surface area (Å²) in [4.78, 5) is 28.8. The Kier molecular flexibility index (Phi) is 10.5. The summed E-state index contributed by atoms with van der Waals surface area (Å²) in [6, 6.07) is 18.0. The van der Waals surface area contributed by atoms with Gasteiger partial charge in [0, 0.05) is 27.2 Å². The second-order valence-electron chi connectivity index (χ2n) is 10.2. The number of hydrogen-bond acceptors (Lipinski definition) is 4. The lowest BCUT2D eigenvalue weighted by Crippen LogP contribution is -2.55. The molecule has 1 atom stereocenters. The second kappa shape index (κ2) is 13.3. The van der Waals surface area contributed by atoms with Gasteiger partial charge in [-0.1, -0.05) is 66.0 Å². The minimum absolute atomic E-state index is 0.0293. The van der Waals surface area contributed by atoms with Gasteiger partial charge in [-0.05, 0) is 81.3 Å². The molecule has 3 aromatic carbocycles. The number of nitrogens with one attached hydrogen (secondary N) is 1. The molecule has 0 saturated carbocycles. The van der Waals surface area contributed by atoms with Gasteiger partial charge in [-0.25, -0.2) is 8.42 Å². The molecule has 7 nitrogen and oxygen atoms in total. The highest BCUT2D eigenvalue weighted by Crippen LogP contribution is 2.27. The van der Waals surface area contributed by atoms with Crippen LogP contribution in [-0.2, 0) is 26.2 Å². The van der Waals surface area contributed by atoms with Crippen molar-refractivity contribution in [3.8, 4) is 0 Å². The summed E-state index contributed by atoms with van der Waals surface area (Å²) in [5.74, 6) is -0.941. The Labute approximate surface area is 251 Å². The second-order valence-corrected chi connectivity index (χ2v) is 13.4. The molecule has 3 rings (SSSR count). The number of carbonyl (C=O) groups is 2. The van der Waals surface area contributed by atoms with Gasteiger partial charge in [-0.3, -0.25) is 13.9 Å². The average Bonchev–Trinajstić information content (AvgIpc) is 2.88. The van der Waals surface area contributed by atoms with Crippen LogP contribution < -0.4 is 9.62 Å². The van der Waals surface area contributed by atoms with E-state index in [2.05, 4.69) is 5.32 Å². The molecule has 0 aliphatic rings. The van der Waals surface area contributed by atoms with Gasteiger partial charge in [0.2, 0.25) is 11.8 Å². The molecule has 214 valence electrons. The summed E-state index contributed by atoms with van der Waals surface area (Å²) in [6.07, 6.45) is 0.286. The summed E-state index contributed by atoms with van der Waals surface area (Å²) >= 11 is 18.5. The number of amides is 2. The van der Waals surface area contributed by atoms with Crippen LogP contribution in [-0.4, -0.2) is 43.3 Å². The smallest absolute Gasteiger partial charge is 0.264 e. The average molecular weight is 625 g/mol. The van der Waals surface area contributed by atoms with Crippen LogP contribution in [0.3, 0.4) is 0 Å². The highest BCUT2D eigenvalue weighted by Gasteiger charge is 2.34. The highest BCUT2D eigenvalue weighted by molar-refractivity contribution is 7.92. The molecule has 11 heteroatoms. The number of sulfonamides is 1. The predicted octanol–water partition coefficient (Wildman–Crippen LogP) is 6.56. The lowest BCUT2D eigenvalue weighted by Gasteiger charge is -2.35. The van der Waals surface area contributed by atoms with E-state index in [-0.39, 0.29) is 23.8 Å². The van der Waals surface area contributed by atoms with Crippen LogP contribution in [0.15, 0.2) is 77.7 Å². The fourth-order valence-corrected chi connectivity index (χ4v) is 6.07. The molecule has 0 spiro atoms. The van der Waals surface area contributed by atoms with Crippen molar-refractivity contribution in [1.82, 2.24) is 10.2 Å². The molecule has 2 amide bonds. The Morgan fingerprint density at radius 3 is 2.05 bits per heavy atom. The number of anilines is 1. The zero-order valence-electron chi connectivity index (χ0n) is 22.7. The molecular weight excluding hydrogens is 593 g/mol. The summed E-state index contributed by atoms with van der Waals surface area (Å²) in [7, 11) is -4.18. The van der Waals surface area contributed by atoms with Crippen LogP contribution >= 0.6 is 34.8 Å². The topological polar surface area (TPSA) is 86.8 Å². The quantitative estimate of drug-likeness (QED) is 0.277.